The van der Waals surface area contributed by atoms with Gasteiger partial charge in [0.2, 0.25) is 17.1 Å². The molecule has 5 rings (SSSR count). The number of anilines is 2. The molecule has 1 aliphatic carbocycles. The Labute approximate surface area is 220 Å². The molecule has 2 unspecified atom stereocenters. The van der Waals surface area contributed by atoms with Crippen molar-refractivity contribution in [1.82, 2.24) is 4.58 Å². The molecule has 4 aromatic rings. The van der Waals surface area contributed by atoms with Crippen molar-refractivity contribution >= 4 is 35.7 Å². The van der Waals surface area contributed by atoms with E-state index in [2.05, 4.69) is 131 Å². The Hall–Kier alpha value is -4.33. The molecule has 8 heteroatoms. The maximum absolute atomic E-state index is 9.75. The molecule has 0 spiro atoms. The molecule has 38 heavy (non-hydrogen) atoms. The lowest BCUT2D eigenvalue weighted by Crippen LogP contribution is -2.40. The van der Waals surface area contributed by atoms with E-state index in [1.165, 1.54) is 11.3 Å². The van der Waals surface area contributed by atoms with Gasteiger partial charge < -0.3 is 27.9 Å². The maximum atomic E-state index is 9.75. The molecular formula is C30H28BF4N3. The fourth-order valence-corrected chi connectivity index (χ4v) is 4.52. The van der Waals surface area contributed by atoms with Crippen molar-refractivity contribution in [2.24, 2.45) is 0 Å². The minimum absolute atomic E-state index is 0.00553. The van der Waals surface area contributed by atoms with Gasteiger partial charge >= 0.3 is 7.25 Å². The third kappa shape index (κ3) is 7.35. The molecule has 0 radical (unpaired) electrons. The Morgan fingerprint density at radius 2 is 0.974 bits per heavy atom. The van der Waals surface area contributed by atoms with E-state index in [0.717, 1.165) is 29.2 Å². The highest BCUT2D eigenvalue weighted by atomic mass is 19.5. The van der Waals surface area contributed by atoms with Crippen molar-refractivity contribution in [3.8, 4) is 0 Å². The van der Waals surface area contributed by atoms with Crippen molar-refractivity contribution in [1.29, 1.82) is 0 Å². The van der Waals surface area contributed by atoms with Crippen molar-refractivity contribution in [3.63, 3.8) is 0 Å². The van der Waals surface area contributed by atoms with Gasteiger partial charge in [-0.15, -0.1) is 0 Å². The number of rotatable bonds is 6. The first-order valence-electron chi connectivity index (χ1n) is 12.2. The summed E-state index contributed by atoms with van der Waals surface area (Å²) in [4.78, 5) is 0. The Morgan fingerprint density at radius 3 is 1.39 bits per heavy atom. The third-order valence-electron chi connectivity index (χ3n) is 6.01. The van der Waals surface area contributed by atoms with Crippen LogP contribution in [0.3, 0.4) is 0 Å². The number of nitrogens with zero attached hydrogens (tertiary/aromatic N) is 1. The predicted molar refractivity (Wildman–Crippen MR) is 151 cm³/mol. The SMILES string of the molecule is C=C1CC(Nc2ccccc2)C(=[N+](c2ccccc2)c2ccccc2)C1Nc1ccccc1.F[B-](F)(F)F. The lowest BCUT2D eigenvalue weighted by atomic mass is 10.1. The average Bonchev–Trinajstić information content (AvgIpc) is 3.20. The Bertz CT molecular complexity index is 1300. The van der Waals surface area contributed by atoms with Crippen LogP contribution in [0.4, 0.5) is 40.0 Å². The summed E-state index contributed by atoms with van der Waals surface area (Å²) in [5, 5.41) is 7.54. The second-order valence-electron chi connectivity index (χ2n) is 8.79. The minimum Gasteiger partial charge on any atom is -0.418 e. The molecule has 1 aliphatic rings. The quantitative estimate of drug-likeness (QED) is 0.117. The largest absolute Gasteiger partial charge is 0.673 e. The van der Waals surface area contributed by atoms with Crippen molar-refractivity contribution in [3.05, 3.63) is 133 Å². The van der Waals surface area contributed by atoms with Crippen molar-refractivity contribution in [2.75, 3.05) is 10.6 Å². The number of hydrogen-bond acceptors (Lipinski definition) is 2. The van der Waals surface area contributed by atoms with E-state index < -0.39 is 7.25 Å². The molecule has 3 nitrogen and oxygen atoms in total. The average molecular weight is 517 g/mol. The molecular weight excluding hydrogens is 489 g/mol. The van der Waals surface area contributed by atoms with Crippen LogP contribution in [0, 0.1) is 0 Å². The van der Waals surface area contributed by atoms with Crippen LogP contribution >= 0.6 is 0 Å². The lowest BCUT2D eigenvalue weighted by molar-refractivity contribution is 0.368. The van der Waals surface area contributed by atoms with Gasteiger partial charge in [-0.3, -0.25) is 0 Å². The zero-order chi connectivity index (χ0) is 27.0. The maximum Gasteiger partial charge on any atom is 0.673 e. The van der Waals surface area contributed by atoms with E-state index in [0.29, 0.717) is 0 Å². The second-order valence-corrected chi connectivity index (χ2v) is 8.79. The van der Waals surface area contributed by atoms with Crippen LogP contribution in [0.5, 0.6) is 0 Å². The van der Waals surface area contributed by atoms with Gasteiger partial charge in [0.1, 0.15) is 12.1 Å². The zero-order valence-corrected chi connectivity index (χ0v) is 20.7. The predicted octanol–water partition coefficient (Wildman–Crippen LogP) is 8.18. The molecule has 0 saturated heterocycles. The second kappa shape index (κ2) is 12.3. The van der Waals surface area contributed by atoms with E-state index in [4.69, 9.17) is 0 Å². The molecule has 1 saturated carbocycles. The van der Waals surface area contributed by atoms with Crippen molar-refractivity contribution in [2.45, 2.75) is 18.5 Å². The summed E-state index contributed by atoms with van der Waals surface area (Å²) in [7, 11) is -6.00. The van der Waals surface area contributed by atoms with Gasteiger partial charge in [-0.1, -0.05) is 79.4 Å². The first kappa shape index (κ1) is 26.7. The van der Waals surface area contributed by atoms with E-state index in [9.17, 15) is 17.3 Å². The van der Waals surface area contributed by atoms with Gasteiger partial charge in [0.15, 0.2) is 0 Å². The van der Waals surface area contributed by atoms with Crippen LogP contribution in [0.15, 0.2) is 133 Å². The standard InChI is InChI=1S/C30H28N3.BF4/c1-23-22-28(31-24-14-6-2-7-15-24)30(29(23)32-25-16-8-3-9-17-25)33(26-18-10-4-11-19-26)27-20-12-5-13-21-27;2-1(3,4)5/h2-21,28-29,31-32H,1,22H2;/q+1;-1. The molecule has 2 N–H and O–H groups in total. The summed E-state index contributed by atoms with van der Waals surface area (Å²) in [5.41, 5.74) is 6.86. The van der Waals surface area contributed by atoms with Gasteiger partial charge in [0.05, 0.1) is 0 Å². The van der Waals surface area contributed by atoms with Gasteiger partial charge in [0.25, 0.3) is 0 Å². The van der Waals surface area contributed by atoms with Gasteiger partial charge in [-0.2, -0.15) is 4.58 Å². The number of halogens is 4. The topological polar surface area (TPSA) is 27.1 Å². The third-order valence-corrected chi connectivity index (χ3v) is 6.01. The van der Waals surface area contributed by atoms with Crippen LogP contribution < -0.4 is 15.2 Å². The molecule has 0 aliphatic heterocycles. The molecule has 194 valence electrons. The first-order chi connectivity index (χ1) is 18.3. The van der Waals surface area contributed by atoms with Gasteiger partial charge in [-0.05, 0) is 29.8 Å². The number of benzene rings is 4. The molecule has 0 heterocycles. The summed E-state index contributed by atoms with van der Waals surface area (Å²) in [6.07, 6.45) is 0.852. The monoisotopic (exact) mass is 517 g/mol. The van der Waals surface area contributed by atoms with Crippen LogP contribution in [0.1, 0.15) is 6.42 Å². The van der Waals surface area contributed by atoms with E-state index in [1.807, 2.05) is 12.1 Å². The molecule has 2 atom stereocenters. The molecule has 0 aromatic heterocycles. The number of nitrogens with one attached hydrogen (secondary N) is 2. The number of para-hydroxylation sites is 4. The highest BCUT2D eigenvalue weighted by molar-refractivity contribution is 6.50. The zero-order valence-electron chi connectivity index (χ0n) is 20.7. The molecule has 0 bridgehead atoms. The summed E-state index contributed by atoms with van der Waals surface area (Å²) in [5.74, 6) is 0. The van der Waals surface area contributed by atoms with Crippen LogP contribution in [0.25, 0.3) is 0 Å². The highest BCUT2D eigenvalue weighted by Gasteiger charge is 2.43. The van der Waals surface area contributed by atoms with Gasteiger partial charge in [-0.25, -0.2) is 0 Å². The van der Waals surface area contributed by atoms with Gasteiger partial charge in [0, 0.05) is 42.1 Å². The smallest absolute Gasteiger partial charge is 0.418 e. The Kier molecular flexibility index (Phi) is 8.64. The summed E-state index contributed by atoms with van der Waals surface area (Å²) in [6, 6.07) is 42.0. The van der Waals surface area contributed by atoms with Crippen molar-refractivity contribution < 1.29 is 17.3 Å². The van der Waals surface area contributed by atoms with E-state index >= 15 is 0 Å². The molecule has 1 fully saturated rings. The number of hydrogen-bond donors (Lipinski definition) is 2. The van der Waals surface area contributed by atoms with Crippen LogP contribution in [0.2, 0.25) is 0 Å². The lowest BCUT2D eigenvalue weighted by Gasteiger charge is -2.19. The summed E-state index contributed by atoms with van der Waals surface area (Å²) >= 11 is 0. The minimum atomic E-state index is -6.00. The molecule has 4 aromatic carbocycles. The highest BCUT2D eigenvalue weighted by Crippen LogP contribution is 2.32. The van der Waals surface area contributed by atoms with E-state index in [-0.39, 0.29) is 12.1 Å². The fraction of sp³-hybridized carbons (Fsp3) is 0.100. The Morgan fingerprint density at radius 1 is 0.605 bits per heavy atom. The van der Waals surface area contributed by atoms with Crippen LogP contribution in [-0.4, -0.2) is 25.0 Å². The Balaban J connectivity index is 0.000000617. The summed E-state index contributed by atoms with van der Waals surface area (Å²) in [6.45, 7) is 4.49. The normalized spacial score (nSPS) is 16.8. The summed E-state index contributed by atoms with van der Waals surface area (Å²) < 4.78 is 41.4. The van der Waals surface area contributed by atoms with Crippen LogP contribution in [-0.2, 0) is 0 Å². The fourth-order valence-electron chi connectivity index (χ4n) is 4.52. The first-order valence-corrected chi connectivity index (χ1v) is 12.2. The molecule has 0 amide bonds. The van der Waals surface area contributed by atoms with E-state index in [1.54, 1.807) is 0 Å².